The van der Waals surface area contributed by atoms with Crippen LogP contribution in [-0.2, 0) is 0 Å². The molecule has 0 aliphatic heterocycles. The second kappa shape index (κ2) is 7.66. The standard InChI is InChI=1S/C18H15N5O5/c1-11-16(20-19-13-8-4-6-10-15(13)28-2)18(25)22(21-11)17(24)12-7-3-5-9-14(12)23(26)27/h3-10,21H,1-2H3. The highest BCUT2D eigenvalue weighted by molar-refractivity contribution is 5.99. The molecule has 0 bridgehead atoms. The smallest absolute Gasteiger partial charge is 0.302 e. The largest absolute Gasteiger partial charge is 0.494 e. The number of ether oxygens (including phenoxy) is 1. The lowest BCUT2D eigenvalue weighted by Crippen LogP contribution is -2.25. The van der Waals surface area contributed by atoms with Crippen LogP contribution in [0.1, 0.15) is 16.1 Å². The number of nitro groups is 1. The molecule has 10 heteroatoms. The van der Waals surface area contributed by atoms with Crippen molar-refractivity contribution in [1.82, 2.24) is 9.78 Å². The molecule has 1 N–H and O–H groups in total. The number of carbonyl (C=O) groups excluding carboxylic acids is 1. The Hall–Kier alpha value is -4.08. The van der Waals surface area contributed by atoms with Gasteiger partial charge < -0.3 is 4.74 Å². The number of aromatic nitrogens is 2. The molecule has 0 amide bonds. The first kappa shape index (κ1) is 18.7. The van der Waals surface area contributed by atoms with Gasteiger partial charge in [0.05, 0.1) is 17.7 Å². The summed E-state index contributed by atoms with van der Waals surface area (Å²) >= 11 is 0. The van der Waals surface area contributed by atoms with Crippen molar-refractivity contribution in [1.29, 1.82) is 0 Å². The molecule has 0 atom stereocenters. The number of benzene rings is 2. The lowest BCUT2D eigenvalue weighted by atomic mass is 10.1. The van der Waals surface area contributed by atoms with Gasteiger partial charge >= 0.3 is 5.56 Å². The number of nitro benzene ring substituents is 1. The lowest BCUT2D eigenvalue weighted by molar-refractivity contribution is -0.385. The van der Waals surface area contributed by atoms with Gasteiger partial charge in [-0.1, -0.05) is 24.3 Å². The zero-order chi connectivity index (χ0) is 20.3. The van der Waals surface area contributed by atoms with E-state index in [2.05, 4.69) is 15.3 Å². The summed E-state index contributed by atoms with van der Waals surface area (Å²) in [6.45, 7) is 1.54. The molecule has 1 heterocycles. The number of para-hydroxylation sites is 2. The number of hydrogen-bond acceptors (Lipinski definition) is 7. The number of aromatic amines is 1. The molecule has 0 saturated carbocycles. The molecule has 0 saturated heterocycles. The maximum atomic E-state index is 12.7. The van der Waals surface area contributed by atoms with E-state index in [9.17, 15) is 19.7 Å². The van der Waals surface area contributed by atoms with Crippen molar-refractivity contribution in [3.63, 3.8) is 0 Å². The normalized spacial score (nSPS) is 10.9. The van der Waals surface area contributed by atoms with Gasteiger partial charge in [0.15, 0.2) is 5.69 Å². The number of carbonyl (C=O) groups is 1. The van der Waals surface area contributed by atoms with Crippen LogP contribution in [0.3, 0.4) is 0 Å². The van der Waals surface area contributed by atoms with E-state index in [1.165, 1.54) is 31.4 Å². The molecule has 3 aromatic rings. The Morgan fingerprint density at radius 2 is 1.82 bits per heavy atom. The topological polar surface area (TPSA) is 132 Å². The first-order valence-electron chi connectivity index (χ1n) is 8.08. The zero-order valence-corrected chi connectivity index (χ0v) is 14.9. The van der Waals surface area contributed by atoms with Crippen molar-refractivity contribution in [2.75, 3.05) is 7.11 Å². The predicted octanol–water partition coefficient (Wildman–Crippen LogP) is 3.51. The van der Waals surface area contributed by atoms with E-state index >= 15 is 0 Å². The summed E-state index contributed by atoms with van der Waals surface area (Å²) in [5, 5.41) is 21.7. The van der Waals surface area contributed by atoms with E-state index in [4.69, 9.17) is 4.74 Å². The molecule has 142 valence electrons. The Morgan fingerprint density at radius 1 is 1.14 bits per heavy atom. The Morgan fingerprint density at radius 3 is 2.54 bits per heavy atom. The fraction of sp³-hybridized carbons (Fsp3) is 0.111. The monoisotopic (exact) mass is 381 g/mol. The number of methoxy groups -OCH3 is 1. The van der Waals surface area contributed by atoms with E-state index < -0.39 is 22.1 Å². The molecule has 1 aromatic heterocycles. The van der Waals surface area contributed by atoms with Gasteiger partial charge in [-0.05, 0) is 25.1 Å². The van der Waals surface area contributed by atoms with Gasteiger partial charge in [0.2, 0.25) is 0 Å². The van der Waals surface area contributed by atoms with E-state index in [1.54, 1.807) is 31.2 Å². The molecule has 10 nitrogen and oxygen atoms in total. The Balaban J connectivity index is 2.01. The SMILES string of the molecule is COc1ccccc1N=Nc1c(C)[nH]n(C(=O)c2ccccc2[N+](=O)[O-])c1=O. The van der Waals surface area contributed by atoms with Gasteiger partial charge in [0.1, 0.15) is 17.0 Å². The van der Waals surface area contributed by atoms with Crippen molar-refractivity contribution >= 4 is 23.0 Å². The summed E-state index contributed by atoms with van der Waals surface area (Å²) in [5.74, 6) is -0.394. The number of azo groups is 1. The second-order valence-corrected chi connectivity index (χ2v) is 5.68. The van der Waals surface area contributed by atoms with Crippen LogP contribution in [0.25, 0.3) is 0 Å². The third-order valence-electron chi connectivity index (χ3n) is 3.92. The van der Waals surface area contributed by atoms with Gasteiger partial charge in [-0.2, -0.15) is 4.68 Å². The molecule has 0 fully saturated rings. The van der Waals surface area contributed by atoms with Crippen LogP contribution in [0.5, 0.6) is 5.75 Å². The zero-order valence-electron chi connectivity index (χ0n) is 14.9. The molecule has 0 aliphatic carbocycles. The molecule has 2 aromatic carbocycles. The maximum absolute atomic E-state index is 12.7. The minimum atomic E-state index is -0.862. The first-order chi connectivity index (χ1) is 13.4. The Kier molecular flexibility index (Phi) is 5.12. The molecule has 0 unspecified atom stereocenters. The number of hydrogen-bond donors (Lipinski definition) is 1. The van der Waals surface area contributed by atoms with E-state index in [-0.39, 0.29) is 16.9 Å². The van der Waals surface area contributed by atoms with Crippen LogP contribution in [-0.4, -0.2) is 27.7 Å². The molecule has 0 aliphatic rings. The van der Waals surface area contributed by atoms with Crippen molar-refractivity contribution < 1.29 is 14.5 Å². The lowest BCUT2D eigenvalue weighted by Gasteiger charge is -2.01. The summed E-state index contributed by atoms with van der Waals surface area (Å²) in [5.41, 5.74) is -0.776. The van der Waals surface area contributed by atoms with E-state index in [0.29, 0.717) is 16.1 Å². The number of rotatable bonds is 5. The Bertz CT molecular complexity index is 1150. The van der Waals surface area contributed by atoms with E-state index in [0.717, 1.165) is 0 Å². The van der Waals surface area contributed by atoms with Crippen LogP contribution in [0, 0.1) is 17.0 Å². The van der Waals surface area contributed by atoms with Crippen molar-refractivity contribution in [3.05, 3.63) is 80.3 Å². The van der Waals surface area contributed by atoms with Crippen molar-refractivity contribution in [2.24, 2.45) is 10.2 Å². The summed E-state index contributed by atoms with van der Waals surface area (Å²) in [4.78, 5) is 35.7. The van der Waals surface area contributed by atoms with Crippen molar-refractivity contribution in [2.45, 2.75) is 6.92 Å². The number of H-pyrrole nitrogens is 1. The van der Waals surface area contributed by atoms with Gasteiger partial charge in [-0.3, -0.25) is 24.8 Å². The number of nitrogens with one attached hydrogen (secondary N) is 1. The summed E-state index contributed by atoms with van der Waals surface area (Å²) in [7, 11) is 1.48. The fourth-order valence-electron chi connectivity index (χ4n) is 2.55. The van der Waals surface area contributed by atoms with Crippen LogP contribution >= 0.6 is 0 Å². The Labute approximate surface area is 158 Å². The average molecular weight is 381 g/mol. The highest BCUT2D eigenvalue weighted by Crippen LogP contribution is 2.28. The third-order valence-corrected chi connectivity index (χ3v) is 3.92. The second-order valence-electron chi connectivity index (χ2n) is 5.68. The van der Waals surface area contributed by atoms with E-state index in [1.807, 2.05) is 0 Å². The maximum Gasteiger partial charge on any atom is 0.302 e. The molecule has 0 spiro atoms. The first-order valence-corrected chi connectivity index (χ1v) is 8.08. The van der Waals surface area contributed by atoms with Crippen molar-refractivity contribution in [3.8, 4) is 5.75 Å². The van der Waals surface area contributed by atoms with Crippen LogP contribution < -0.4 is 10.3 Å². The number of nitrogens with zero attached hydrogens (tertiary/aromatic N) is 4. The van der Waals surface area contributed by atoms with Crippen LogP contribution in [0.2, 0.25) is 0 Å². The van der Waals surface area contributed by atoms with Crippen LogP contribution in [0.4, 0.5) is 17.1 Å². The molecule has 28 heavy (non-hydrogen) atoms. The summed E-state index contributed by atoms with van der Waals surface area (Å²) in [6.07, 6.45) is 0. The fourth-order valence-corrected chi connectivity index (χ4v) is 2.55. The summed E-state index contributed by atoms with van der Waals surface area (Å²) < 4.78 is 5.84. The number of aryl methyl sites for hydroxylation is 1. The minimum Gasteiger partial charge on any atom is -0.494 e. The third kappa shape index (κ3) is 3.43. The molecular weight excluding hydrogens is 366 g/mol. The molecule has 0 radical (unpaired) electrons. The van der Waals surface area contributed by atoms with Crippen LogP contribution in [0.15, 0.2) is 63.6 Å². The minimum absolute atomic E-state index is 0.0853. The highest BCUT2D eigenvalue weighted by atomic mass is 16.6. The van der Waals surface area contributed by atoms with Gasteiger partial charge in [0, 0.05) is 6.07 Å². The predicted molar refractivity (Wildman–Crippen MR) is 99.8 cm³/mol. The highest BCUT2D eigenvalue weighted by Gasteiger charge is 2.24. The molecule has 3 rings (SSSR count). The van der Waals surface area contributed by atoms with Gasteiger partial charge in [-0.25, -0.2) is 0 Å². The quantitative estimate of drug-likeness (QED) is 0.410. The summed E-state index contributed by atoms with van der Waals surface area (Å²) in [6, 6.07) is 12.2. The van der Waals surface area contributed by atoms with Gasteiger partial charge in [0.25, 0.3) is 11.6 Å². The van der Waals surface area contributed by atoms with Gasteiger partial charge in [-0.15, -0.1) is 10.2 Å². The average Bonchev–Trinajstić information content (AvgIpc) is 2.99. The molecular formula is C18H15N5O5.